The molecule has 10 heteroatoms. The zero-order chi connectivity index (χ0) is 22.8. The number of aromatic nitrogens is 4. The highest BCUT2D eigenvalue weighted by Crippen LogP contribution is 2.32. The molecule has 0 saturated carbocycles. The highest BCUT2D eigenvalue weighted by Gasteiger charge is 2.24. The number of hydrogen-bond acceptors (Lipinski definition) is 8. The monoisotopic (exact) mass is 514 g/mol. The van der Waals surface area contributed by atoms with E-state index in [1.165, 1.54) is 37.2 Å². The first kappa shape index (κ1) is 22.4. The maximum absolute atomic E-state index is 9.88. The highest BCUT2D eigenvalue weighted by atomic mass is 79.9. The zero-order valence-corrected chi connectivity index (χ0v) is 20.6. The zero-order valence-electron chi connectivity index (χ0n) is 19.0. The van der Waals surface area contributed by atoms with Crippen molar-refractivity contribution < 1.29 is 5.11 Å². The molecule has 9 nitrogen and oxygen atoms in total. The van der Waals surface area contributed by atoms with Crippen molar-refractivity contribution in [2.75, 3.05) is 67.5 Å². The van der Waals surface area contributed by atoms with Crippen molar-refractivity contribution in [3.63, 3.8) is 0 Å². The molecule has 33 heavy (non-hydrogen) atoms. The van der Waals surface area contributed by atoms with E-state index in [1.54, 1.807) is 6.33 Å². The minimum Gasteiger partial charge on any atom is -0.392 e. The van der Waals surface area contributed by atoms with Crippen LogP contribution in [0.25, 0.3) is 11.0 Å². The van der Waals surface area contributed by atoms with Gasteiger partial charge in [0.1, 0.15) is 16.7 Å². The Morgan fingerprint density at radius 2 is 1.82 bits per heavy atom. The Morgan fingerprint density at radius 3 is 2.58 bits per heavy atom. The predicted octanol–water partition coefficient (Wildman–Crippen LogP) is 2.75. The van der Waals surface area contributed by atoms with E-state index in [1.807, 2.05) is 0 Å². The van der Waals surface area contributed by atoms with E-state index in [-0.39, 0.29) is 6.61 Å². The molecule has 3 aromatic rings. The number of nitrogens with one attached hydrogen (secondary N) is 2. The number of halogens is 1. The van der Waals surface area contributed by atoms with E-state index in [0.29, 0.717) is 0 Å². The molecule has 0 aliphatic carbocycles. The second kappa shape index (κ2) is 9.82. The van der Waals surface area contributed by atoms with Gasteiger partial charge in [-0.25, -0.2) is 9.97 Å². The molecule has 2 aliphatic heterocycles. The van der Waals surface area contributed by atoms with Gasteiger partial charge in [0.05, 0.1) is 12.0 Å². The van der Waals surface area contributed by atoms with Gasteiger partial charge in [-0.1, -0.05) is 0 Å². The number of aromatic amines is 1. The smallest absolute Gasteiger partial charge is 0.161 e. The lowest BCUT2D eigenvalue weighted by Crippen LogP contribution is -2.47. The van der Waals surface area contributed by atoms with E-state index in [4.69, 9.17) is 0 Å². The van der Waals surface area contributed by atoms with Crippen LogP contribution in [0, 0.1) is 6.92 Å². The maximum Gasteiger partial charge on any atom is 0.161 e. The molecular formula is C23H31BrN8O. The number of benzene rings is 1. The van der Waals surface area contributed by atoms with E-state index in [2.05, 4.69) is 75.2 Å². The van der Waals surface area contributed by atoms with Gasteiger partial charge in [-0.2, -0.15) is 5.10 Å². The summed E-state index contributed by atoms with van der Waals surface area (Å²) in [6, 6.07) is 4.22. The van der Waals surface area contributed by atoms with Crippen molar-refractivity contribution in [2.24, 2.45) is 0 Å². The van der Waals surface area contributed by atoms with E-state index in [0.717, 1.165) is 72.0 Å². The number of anilines is 3. The second-order valence-corrected chi connectivity index (χ2v) is 9.58. The lowest BCUT2D eigenvalue weighted by Gasteiger charge is -2.38. The molecule has 2 fully saturated rings. The van der Waals surface area contributed by atoms with Gasteiger partial charge in [0.2, 0.25) is 0 Å². The third-order valence-corrected chi connectivity index (χ3v) is 7.35. The fourth-order valence-electron chi connectivity index (χ4n) is 4.92. The summed E-state index contributed by atoms with van der Waals surface area (Å²) in [5.41, 5.74) is 5.25. The lowest BCUT2D eigenvalue weighted by molar-refractivity contribution is 0.282. The van der Waals surface area contributed by atoms with Crippen LogP contribution in [0.5, 0.6) is 0 Å². The third kappa shape index (κ3) is 4.64. The van der Waals surface area contributed by atoms with Crippen molar-refractivity contribution in [1.82, 2.24) is 25.1 Å². The van der Waals surface area contributed by atoms with Crippen LogP contribution in [0.1, 0.15) is 24.0 Å². The molecule has 0 unspecified atom stereocenters. The van der Waals surface area contributed by atoms with Crippen LogP contribution >= 0.6 is 15.9 Å². The number of aliphatic hydroxyl groups excluding tert-OH is 1. The summed E-state index contributed by atoms with van der Waals surface area (Å²) in [6.07, 6.45) is 4.21. The van der Waals surface area contributed by atoms with Crippen LogP contribution in [0.15, 0.2) is 23.1 Å². The molecule has 0 atom stereocenters. The van der Waals surface area contributed by atoms with Gasteiger partial charge in [0, 0.05) is 50.6 Å². The number of rotatable bonds is 7. The van der Waals surface area contributed by atoms with Crippen molar-refractivity contribution in [3.05, 3.63) is 34.2 Å². The maximum atomic E-state index is 9.88. The van der Waals surface area contributed by atoms with Crippen LogP contribution in [-0.2, 0) is 6.61 Å². The predicted molar refractivity (Wildman–Crippen MR) is 135 cm³/mol. The highest BCUT2D eigenvalue weighted by molar-refractivity contribution is 9.10. The van der Waals surface area contributed by atoms with E-state index >= 15 is 0 Å². The van der Waals surface area contributed by atoms with Crippen molar-refractivity contribution in [1.29, 1.82) is 0 Å². The number of nitrogens with zero attached hydrogens (tertiary/aromatic N) is 6. The minimum absolute atomic E-state index is 0.0431. The molecule has 0 amide bonds. The van der Waals surface area contributed by atoms with E-state index in [9.17, 15) is 5.11 Å². The first-order valence-electron chi connectivity index (χ1n) is 11.7. The van der Waals surface area contributed by atoms with Gasteiger partial charge in [-0.15, -0.1) is 0 Å². The van der Waals surface area contributed by atoms with E-state index < -0.39 is 0 Å². The standard InChI is InChI=1S/C23H31BrN8O/c1-16-18(25-4-7-30-5-2-3-6-30)12-17(14-33)13-19(16)31-8-10-32(11-9-31)23-20-21(24)28-29-22(20)26-15-27-23/h12-13,15,25,33H,2-11,14H2,1H3,(H,26,27,28,29). The SMILES string of the molecule is Cc1c(NCCN2CCCC2)cc(CO)cc1N1CCN(c2ncnc3[nH]nc(Br)c23)CC1. The number of H-pyrrole nitrogens is 1. The summed E-state index contributed by atoms with van der Waals surface area (Å²) in [5.74, 6) is 0.908. The normalized spacial score (nSPS) is 17.3. The number of likely N-dealkylation sites (tertiary alicyclic amines) is 1. The Morgan fingerprint density at radius 1 is 1.06 bits per heavy atom. The van der Waals surface area contributed by atoms with Gasteiger partial charge in [0.25, 0.3) is 0 Å². The largest absolute Gasteiger partial charge is 0.392 e. The van der Waals surface area contributed by atoms with Gasteiger partial charge in [-0.3, -0.25) is 5.10 Å². The Bertz CT molecular complexity index is 1110. The Balaban J connectivity index is 1.29. The fourth-order valence-corrected chi connectivity index (χ4v) is 5.38. The molecule has 0 spiro atoms. The first-order chi connectivity index (χ1) is 16.1. The van der Waals surface area contributed by atoms with Crippen LogP contribution in [0.3, 0.4) is 0 Å². The lowest BCUT2D eigenvalue weighted by atomic mass is 10.1. The average molecular weight is 515 g/mol. The summed E-state index contributed by atoms with van der Waals surface area (Å²) in [4.78, 5) is 16.0. The summed E-state index contributed by atoms with van der Waals surface area (Å²) < 4.78 is 0.742. The van der Waals surface area contributed by atoms with Crippen molar-refractivity contribution in [2.45, 2.75) is 26.4 Å². The second-order valence-electron chi connectivity index (χ2n) is 8.83. The van der Waals surface area contributed by atoms with Gasteiger partial charge in [-0.05, 0) is 72.0 Å². The molecule has 3 N–H and O–H groups in total. The van der Waals surface area contributed by atoms with Gasteiger partial charge >= 0.3 is 0 Å². The quantitative estimate of drug-likeness (QED) is 0.442. The summed E-state index contributed by atoms with van der Waals surface area (Å²) in [7, 11) is 0. The van der Waals surface area contributed by atoms with Crippen LogP contribution in [0.4, 0.5) is 17.2 Å². The number of piperazine rings is 1. The molecule has 4 heterocycles. The Hall–Kier alpha value is -2.43. The molecular weight excluding hydrogens is 484 g/mol. The first-order valence-corrected chi connectivity index (χ1v) is 12.5. The molecule has 176 valence electrons. The molecule has 2 aliphatic rings. The Labute approximate surface area is 202 Å². The molecule has 0 radical (unpaired) electrons. The third-order valence-electron chi connectivity index (χ3n) is 6.78. The number of hydrogen-bond donors (Lipinski definition) is 3. The topological polar surface area (TPSA) is 96.4 Å². The van der Waals surface area contributed by atoms with Crippen molar-refractivity contribution in [3.8, 4) is 0 Å². The molecule has 1 aromatic carbocycles. The number of aliphatic hydroxyl groups is 1. The summed E-state index contributed by atoms with van der Waals surface area (Å²) in [5, 5.41) is 21.6. The van der Waals surface area contributed by atoms with Crippen LogP contribution in [0.2, 0.25) is 0 Å². The van der Waals surface area contributed by atoms with Crippen LogP contribution < -0.4 is 15.1 Å². The Kier molecular flexibility index (Phi) is 6.66. The molecule has 0 bridgehead atoms. The number of fused-ring (bicyclic) bond motifs is 1. The van der Waals surface area contributed by atoms with Gasteiger partial charge < -0.3 is 25.1 Å². The molecule has 5 rings (SSSR count). The molecule has 2 saturated heterocycles. The van der Waals surface area contributed by atoms with Gasteiger partial charge in [0.15, 0.2) is 5.65 Å². The fraction of sp³-hybridized carbons (Fsp3) is 0.522. The molecule has 2 aromatic heterocycles. The van der Waals surface area contributed by atoms with Crippen LogP contribution in [-0.4, -0.2) is 82.5 Å². The van der Waals surface area contributed by atoms with Crippen molar-refractivity contribution >= 4 is 44.2 Å². The minimum atomic E-state index is 0.0431. The summed E-state index contributed by atoms with van der Waals surface area (Å²) in [6.45, 7) is 10.1. The average Bonchev–Trinajstić information content (AvgIpc) is 3.50. The summed E-state index contributed by atoms with van der Waals surface area (Å²) >= 11 is 3.52.